The number of carbonyl (C=O) groups is 1. The van der Waals surface area contributed by atoms with Crippen LogP contribution in [0, 0.1) is 5.92 Å². The lowest BCUT2D eigenvalue weighted by Gasteiger charge is -2.22. The first kappa shape index (κ1) is 14.5. The Labute approximate surface area is 112 Å². The zero-order valence-corrected chi connectivity index (χ0v) is 11.4. The van der Waals surface area contributed by atoms with E-state index in [1.165, 1.54) is 12.8 Å². The fraction of sp³-hybridized carbons (Fsp3) is 0.583. The molecule has 2 rings (SSSR count). The third kappa shape index (κ3) is 5.06. The van der Waals surface area contributed by atoms with Gasteiger partial charge in [-0.25, -0.2) is 0 Å². The van der Waals surface area contributed by atoms with Crippen LogP contribution >= 0.6 is 23.7 Å². The molecule has 1 aliphatic rings. The molecule has 96 valence electrons. The average Bonchev–Trinajstić information content (AvgIpc) is 2.81. The van der Waals surface area contributed by atoms with E-state index in [1.54, 1.807) is 11.3 Å². The quantitative estimate of drug-likeness (QED) is 0.880. The molecule has 3 nitrogen and oxygen atoms in total. The molecular formula is C12H19ClN2OS. The zero-order chi connectivity index (χ0) is 11.2. The summed E-state index contributed by atoms with van der Waals surface area (Å²) < 4.78 is 0. The lowest BCUT2D eigenvalue weighted by molar-refractivity contribution is -0.120. The van der Waals surface area contributed by atoms with Crippen LogP contribution in [-0.2, 0) is 11.2 Å². The molecule has 0 aliphatic carbocycles. The van der Waals surface area contributed by atoms with Gasteiger partial charge in [0.05, 0.1) is 6.42 Å². The first-order valence-electron chi connectivity index (χ1n) is 5.84. The maximum Gasteiger partial charge on any atom is 0.225 e. The fourth-order valence-electron chi connectivity index (χ4n) is 1.99. The number of carbonyl (C=O) groups excluding carboxylic acids is 1. The normalized spacial score (nSPS) is 19.4. The molecule has 0 radical (unpaired) electrons. The highest BCUT2D eigenvalue weighted by atomic mass is 35.5. The van der Waals surface area contributed by atoms with Gasteiger partial charge < -0.3 is 10.6 Å². The average molecular weight is 275 g/mol. The van der Waals surface area contributed by atoms with Gasteiger partial charge in [-0.2, -0.15) is 0 Å². The van der Waals surface area contributed by atoms with E-state index in [4.69, 9.17) is 0 Å². The Balaban J connectivity index is 0.00000144. The number of hydrogen-bond acceptors (Lipinski definition) is 3. The van der Waals surface area contributed by atoms with Crippen LogP contribution in [0.1, 0.15) is 17.7 Å². The molecule has 1 fully saturated rings. The predicted molar refractivity (Wildman–Crippen MR) is 73.9 cm³/mol. The minimum atomic E-state index is 0. The van der Waals surface area contributed by atoms with Crippen molar-refractivity contribution in [2.24, 2.45) is 5.92 Å². The first-order chi connectivity index (χ1) is 7.84. The Kier molecular flexibility index (Phi) is 6.55. The SMILES string of the molecule is Cl.O=C(Cc1cccs1)NCC1CCCNC1. The van der Waals surface area contributed by atoms with Crippen molar-refractivity contribution in [2.75, 3.05) is 19.6 Å². The van der Waals surface area contributed by atoms with Gasteiger partial charge in [0, 0.05) is 11.4 Å². The molecule has 0 spiro atoms. The summed E-state index contributed by atoms with van der Waals surface area (Å²) in [4.78, 5) is 12.8. The Morgan fingerprint density at radius 1 is 1.59 bits per heavy atom. The van der Waals surface area contributed by atoms with Crippen LogP contribution in [0.5, 0.6) is 0 Å². The summed E-state index contributed by atoms with van der Waals surface area (Å²) in [5.74, 6) is 0.758. The van der Waals surface area contributed by atoms with Crippen molar-refractivity contribution in [3.8, 4) is 0 Å². The molecule has 1 aliphatic heterocycles. The molecule has 1 unspecified atom stereocenters. The van der Waals surface area contributed by atoms with Crippen molar-refractivity contribution < 1.29 is 4.79 Å². The van der Waals surface area contributed by atoms with Crippen LogP contribution in [0.4, 0.5) is 0 Å². The summed E-state index contributed by atoms with van der Waals surface area (Å²) >= 11 is 1.64. The minimum Gasteiger partial charge on any atom is -0.355 e. The van der Waals surface area contributed by atoms with Crippen molar-refractivity contribution in [3.63, 3.8) is 0 Å². The molecule has 1 aromatic heterocycles. The van der Waals surface area contributed by atoms with Crippen molar-refractivity contribution in [1.82, 2.24) is 10.6 Å². The van der Waals surface area contributed by atoms with Gasteiger partial charge in [-0.05, 0) is 43.3 Å². The van der Waals surface area contributed by atoms with Gasteiger partial charge in [0.25, 0.3) is 0 Å². The van der Waals surface area contributed by atoms with Gasteiger partial charge in [0.15, 0.2) is 0 Å². The van der Waals surface area contributed by atoms with E-state index < -0.39 is 0 Å². The van der Waals surface area contributed by atoms with Gasteiger partial charge in [0.2, 0.25) is 5.91 Å². The lowest BCUT2D eigenvalue weighted by Crippen LogP contribution is -2.38. The van der Waals surface area contributed by atoms with Crippen molar-refractivity contribution >= 4 is 29.7 Å². The number of rotatable bonds is 4. The molecule has 0 saturated carbocycles. The number of hydrogen-bond donors (Lipinski definition) is 2. The molecule has 1 amide bonds. The molecule has 1 atom stereocenters. The fourth-order valence-corrected chi connectivity index (χ4v) is 2.69. The van der Waals surface area contributed by atoms with Crippen molar-refractivity contribution in [2.45, 2.75) is 19.3 Å². The van der Waals surface area contributed by atoms with E-state index in [1.807, 2.05) is 17.5 Å². The summed E-state index contributed by atoms with van der Waals surface area (Å²) in [6, 6.07) is 3.99. The summed E-state index contributed by atoms with van der Waals surface area (Å²) in [7, 11) is 0. The summed E-state index contributed by atoms with van der Waals surface area (Å²) in [6.07, 6.45) is 2.98. The third-order valence-electron chi connectivity index (χ3n) is 2.90. The molecule has 5 heteroatoms. The number of amides is 1. The second kappa shape index (κ2) is 7.69. The van der Waals surface area contributed by atoms with E-state index in [0.29, 0.717) is 12.3 Å². The maximum absolute atomic E-state index is 11.6. The molecule has 2 N–H and O–H groups in total. The van der Waals surface area contributed by atoms with Crippen LogP contribution < -0.4 is 10.6 Å². The van der Waals surface area contributed by atoms with Gasteiger partial charge in [-0.3, -0.25) is 4.79 Å². The van der Waals surface area contributed by atoms with Crippen LogP contribution in [-0.4, -0.2) is 25.5 Å². The van der Waals surface area contributed by atoms with Crippen molar-refractivity contribution in [3.05, 3.63) is 22.4 Å². The molecule has 1 aromatic rings. The Hall–Kier alpha value is -0.580. The Bertz CT molecular complexity index is 323. The van der Waals surface area contributed by atoms with Crippen LogP contribution in [0.15, 0.2) is 17.5 Å². The third-order valence-corrected chi connectivity index (χ3v) is 3.78. The van der Waals surface area contributed by atoms with Crippen LogP contribution in [0.25, 0.3) is 0 Å². The minimum absolute atomic E-state index is 0. The second-order valence-corrected chi connectivity index (χ2v) is 5.30. The predicted octanol–water partition coefficient (Wildman–Crippen LogP) is 1.83. The van der Waals surface area contributed by atoms with Gasteiger partial charge >= 0.3 is 0 Å². The largest absolute Gasteiger partial charge is 0.355 e. The van der Waals surface area contributed by atoms with E-state index >= 15 is 0 Å². The highest BCUT2D eigenvalue weighted by Crippen LogP contribution is 2.10. The van der Waals surface area contributed by atoms with E-state index in [0.717, 1.165) is 24.5 Å². The van der Waals surface area contributed by atoms with Crippen LogP contribution in [0.3, 0.4) is 0 Å². The molecule has 0 aromatic carbocycles. The smallest absolute Gasteiger partial charge is 0.225 e. The first-order valence-corrected chi connectivity index (χ1v) is 6.72. The van der Waals surface area contributed by atoms with Gasteiger partial charge in [-0.1, -0.05) is 6.07 Å². The molecule has 17 heavy (non-hydrogen) atoms. The van der Waals surface area contributed by atoms with Gasteiger partial charge in [-0.15, -0.1) is 23.7 Å². The molecular weight excluding hydrogens is 256 g/mol. The molecule has 1 saturated heterocycles. The lowest BCUT2D eigenvalue weighted by atomic mass is 10.00. The van der Waals surface area contributed by atoms with Crippen LogP contribution in [0.2, 0.25) is 0 Å². The zero-order valence-electron chi connectivity index (χ0n) is 9.78. The van der Waals surface area contributed by atoms with Crippen molar-refractivity contribution in [1.29, 1.82) is 0 Å². The number of nitrogens with one attached hydrogen (secondary N) is 2. The topological polar surface area (TPSA) is 41.1 Å². The molecule has 0 bridgehead atoms. The van der Waals surface area contributed by atoms with E-state index in [-0.39, 0.29) is 18.3 Å². The van der Waals surface area contributed by atoms with Gasteiger partial charge in [0.1, 0.15) is 0 Å². The highest BCUT2D eigenvalue weighted by molar-refractivity contribution is 7.10. The van der Waals surface area contributed by atoms with E-state index in [9.17, 15) is 4.79 Å². The maximum atomic E-state index is 11.6. The number of piperidine rings is 1. The highest BCUT2D eigenvalue weighted by Gasteiger charge is 2.13. The summed E-state index contributed by atoms with van der Waals surface area (Å²) in [5, 5.41) is 8.38. The Morgan fingerprint density at radius 2 is 2.47 bits per heavy atom. The van der Waals surface area contributed by atoms with E-state index in [2.05, 4.69) is 10.6 Å². The number of thiophene rings is 1. The molecule has 2 heterocycles. The number of halogens is 1. The second-order valence-electron chi connectivity index (χ2n) is 4.27. The monoisotopic (exact) mass is 274 g/mol. The summed E-state index contributed by atoms with van der Waals surface area (Å²) in [5.41, 5.74) is 0. The Morgan fingerprint density at radius 3 is 3.12 bits per heavy atom. The standard InChI is InChI=1S/C12H18N2OS.ClH/c15-12(7-11-4-2-6-16-11)14-9-10-3-1-5-13-8-10;/h2,4,6,10,13H,1,3,5,7-9H2,(H,14,15);1H. The summed E-state index contributed by atoms with van der Waals surface area (Å²) in [6.45, 7) is 2.98.